The van der Waals surface area contributed by atoms with Crippen LogP contribution in [-0.2, 0) is 0 Å². The van der Waals surface area contributed by atoms with Crippen LogP contribution in [-0.4, -0.2) is 52.9 Å². The van der Waals surface area contributed by atoms with Crippen LogP contribution in [0.5, 0.6) is 0 Å². The van der Waals surface area contributed by atoms with Gasteiger partial charge < -0.3 is 4.90 Å². The monoisotopic (exact) mass is 353 g/mol. The zero-order valence-corrected chi connectivity index (χ0v) is 13.1. The van der Waals surface area contributed by atoms with E-state index < -0.39 is 4.92 Å². The highest BCUT2D eigenvalue weighted by atomic mass is 79.9. The maximum absolute atomic E-state index is 12.4. The molecule has 3 rings (SSSR count). The van der Waals surface area contributed by atoms with Crippen LogP contribution in [0.2, 0.25) is 0 Å². The molecule has 0 unspecified atom stereocenters. The number of rotatable bonds is 3. The molecular formula is C14H16BrN3O3. The van der Waals surface area contributed by atoms with Crippen LogP contribution >= 0.6 is 15.9 Å². The summed E-state index contributed by atoms with van der Waals surface area (Å²) in [5.74, 6) is -0.124. The highest BCUT2D eigenvalue weighted by Crippen LogP contribution is 2.29. The lowest BCUT2D eigenvalue weighted by Gasteiger charge is -2.34. The van der Waals surface area contributed by atoms with Gasteiger partial charge in [0.05, 0.1) is 9.40 Å². The van der Waals surface area contributed by atoms with Gasteiger partial charge in [-0.3, -0.25) is 19.8 Å². The summed E-state index contributed by atoms with van der Waals surface area (Å²) in [5, 5.41) is 10.9. The van der Waals surface area contributed by atoms with E-state index in [0.717, 1.165) is 19.1 Å². The number of nitrogens with zero attached hydrogens (tertiary/aromatic N) is 3. The van der Waals surface area contributed by atoms with E-state index in [9.17, 15) is 14.9 Å². The number of carbonyl (C=O) groups excluding carboxylic acids is 1. The van der Waals surface area contributed by atoms with E-state index in [4.69, 9.17) is 0 Å². The summed E-state index contributed by atoms with van der Waals surface area (Å²) in [4.78, 5) is 27.1. The molecule has 0 radical (unpaired) electrons. The van der Waals surface area contributed by atoms with Gasteiger partial charge in [-0.05, 0) is 40.9 Å². The fourth-order valence-electron chi connectivity index (χ4n) is 2.70. The first-order valence-electron chi connectivity index (χ1n) is 7.03. The molecule has 1 saturated heterocycles. The number of hydrogen-bond acceptors (Lipinski definition) is 4. The van der Waals surface area contributed by atoms with E-state index in [1.165, 1.54) is 18.9 Å². The van der Waals surface area contributed by atoms with Crippen LogP contribution < -0.4 is 0 Å². The third-order valence-corrected chi connectivity index (χ3v) is 4.73. The lowest BCUT2D eigenvalue weighted by molar-refractivity contribution is -0.385. The van der Waals surface area contributed by atoms with Gasteiger partial charge in [0.25, 0.3) is 11.6 Å². The first-order chi connectivity index (χ1) is 10.1. The van der Waals surface area contributed by atoms with Gasteiger partial charge in [-0.25, -0.2) is 0 Å². The van der Waals surface area contributed by atoms with Crippen LogP contribution in [0.1, 0.15) is 23.2 Å². The topological polar surface area (TPSA) is 66.7 Å². The summed E-state index contributed by atoms with van der Waals surface area (Å²) < 4.78 is 0.391. The molecule has 112 valence electrons. The maximum atomic E-state index is 12.4. The first kappa shape index (κ1) is 14.5. The molecule has 0 spiro atoms. The number of carbonyl (C=O) groups is 1. The van der Waals surface area contributed by atoms with Crippen molar-refractivity contribution in [2.24, 2.45) is 0 Å². The van der Waals surface area contributed by atoms with Crippen molar-refractivity contribution < 1.29 is 9.72 Å². The van der Waals surface area contributed by atoms with Gasteiger partial charge in [-0.2, -0.15) is 0 Å². The maximum Gasteiger partial charge on any atom is 0.284 e. The Kier molecular flexibility index (Phi) is 3.95. The van der Waals surface area contributed by atoms with Crippen molar-refractivity contribution in [3.63, 3.8) is 0 Å². The van der Waals surface area contributed by atoms with Crippen LogP contribution in [0.25, 0.3) is 0 Å². The summed E-state index contributed by atoms with van der Waals surface area (Å²) in [5.41, 5.74) is 0.308. The fraction of sp³-hybridized carbons (Fsp3) is 0.500. The molecule has 2 fully saturated rings. The third kappa shape index (κ3) is 3.08. The summed E-state index contributed by atoms with van der Waals surface area (Å²) in [6.45, 7) is 3.18. The molecule has 1 amide bonds. The predicted molar refractivity (Wildman–Crippen MR) is 81.3 cm³/mol. The summed E-state index contributed by atoms with van der Waals surface area (Å²) in [7, 11) is 0. The van der Waals surface area contributed by atoms with Crippen LogP contribution in [0.3, 0.4) is 0 Å². The Morgan fingerprint density at radius 1 is 1.24 bits per heavy atom. The molecule has 1 aromatic rings. The lowest BCUT2D eigenvalue weighted by Crippen LogP contribution is -2.49. The van der Waals surface area contributed by atoms with Crippen molar-refractivity contribution >= 4 is 27.5 Å². The summed E-state index contributed by atoms with van der Waals surface area (Å²) >= 11 is 3.13. The van der Waals surface area contributed by atoms with Crippen molar-refractivity contribution in [3.8, 4) is 0 Å². The highest BCUT2D eigenvalue weighted by molar-refractivity contribution is 9.10. The van der Waals surface area contributed by atoms with E-state index in [1.54, 1.807) is 17.0 Å². The van der Waals surface area contributed by atoms with Crippen molar-refractivity contribution in [3.05, 3.63) is 38.3 Å². The minimum atomic E-state index is -0.480. The zero-order valence-electron chi connectivity index (χ0n) is 11.5. The molecule has 1 heterocycles. The van der Waals surface area contributed by atoms with Crippen LogP contribution in [0.4, 0.5) is 5.69 Å². The Hall–Kier alpha value is -1.47. The largest absolute Gasteiger partial charge is 0.336 e. The van der Waals surface area contributed by atoms with Gasteiger partial charge in [0.2, 0.25) is 0 Å². The Morgan fingerprint density at radius 2 is 1.90 bits per heavy atom. The van der Waals surface area contributed by atoms with E-state index in [0.29, 0.717) is 23.1 Å². The van der Waals surface area contributed by atoms with E-state index in [2.05, 4.69) is 20.8 Å². The minimum Gasteiger partial charge on any atom is -0.336 e. The van der Waals surface area contributed by atoms with E-state index in [-0.39, 0.29) is 11.6 Å². The Balaban J connectivity index is 1.70. The minimum absolute atomic E-state index is 0.0718. The molecule has 1 saturated carbocycles. The lowest BCUT2D eigenvalue weighted by atomic mass is 10.1. The highest BCUT2D eigenvalue weighted by Gasteiger charge is 2.32. The molecular weight excluding hydrogens is 338 g/mol. The zero-order chi connectivity index (χ0) is 15.0. The van der Waals surface area contributed by atoms with E-state index >= 15 is 0 Å². The SMILES string of the molecule is O=C(c1ccc(Br)c([N+](=O)[O-])c1)N1CCN(C2CC2)CC1. The van der Waals surface area contributed by atoms with Gasteiger partial charge in [0, 0.05) is 43.9 Å². The van der Waals surface area contributed by atoms with E-state index in [1.807, 2.05) is 0 Å². The van der Waals surface area contributed by atoms with Crippen molar-refractivity contribution in [2.75, 3.05) is 26.2 Å². The molecule has 21 heavy (non-hydrogen) atoms. The standard InChI is InChI=1S/C14H16BrN3O3/c15-12-4-1-10(9-13(12)18(20)21)14(19)17-7-5-16(6-8-17)11-2-3-11/h1,4,9,11H,2-3,5-8H2. The quantitative estimate of drug-likeness (QED) is 0.617. The van der Waals surface area contributed by atoms with Crippen molar-refractivity contribution in [1.29, 1.82) is 0 Å². The number of amides is 1. The van der Waals surface area contributed by atoms with Gasteiger partial charge >= 0.3 is 0 Å². The third-order valence-electron chi connectivity index (χ3n) is 4.05. The molecule has 0 bridgehead atoms. The molecule has 1 aliphatic heterocycles. The number of benzene rings is 1. The average molecular weight is 354 g/mol. The van der Waals surface area contributed by atoms with Gasteiger partial charge in [-0.1, -0.05) is 0 Å². The molecule has 2 aliphatic rings. The van der Waals surface area contributed by atoms with Gasteiger partial charge in [0.15, 0.2) is 0 Å². The molecule has 1 aliphatic carbocycles. The molecule has 0 atom stereocenters. The Morgan fingerprint density at radius 3 is 2.48 bits per heavy atom. The molecule has 7 heteroatoms. The van der Waals surface area contributed by atoms with Gasteiger partial charge in [-0.15, -0.1) is 0 Å². The van der Waals surface area contributed by atoms with Crippen LogP contribution in [0, 0.1) is 10.1 Å². The van der Waals surface area contributed by atoms with Gasteiger partial charge in [0.1, 0.15) is 0 Å². The number of nitro groups is 1. The van der Waals surface area contributed by atoms with Crippen molar-refractivity contribution in [2.45, 2.75) is 18.9 Å². The second kappa shape index (κ2) is 5.73. The second-order valence-electron chi connectivity index (χ2n) is 5.48. The van der Waals surface area contributed by atoms with Crippen molar-refractivity contribution in [1.82, 2.24) is 9.80 Å². The Labute approximate surface area is 131 Å². The second-order valence-corrected chi connectivity index (χ2v) is 6.34. The smallest absolute Gasteiger partial charge is 0.284 e. The summed E-state index contributed by atoms with van der Waals surface area (Å²) in [6, 6.07) is 5.26. The Bertz CT molecular complexity index is 581. The summed E-state index contributed by atoms with van der Waals surface area (Å²) in [6.07, 6.45) is 2.54. The first-order valence-corrected chi connectivity index (χ1v) is 7.83. The number of halogens is 1. The molecule has 6 nitrogen and oxygen atoms in total. The number of nitro benzene ring substituents is 1. The number of hydrogen-bond donors (Lipinski definition) is 0. The molecule has 0 N–H and O–H groups in total. The van der Waals surface area contributed by atoms with Crippen LogP contribution in [0.15, 0.2) is 22.7 Å². The molecule has 1 aromatic carbocycles. The molecule has 0 aromatic heterocycles. The average Bonchev–Trinajstić information content (AvgIpc) is 3.31. The predicted octanol–water partition coefficient (Wildman–Crippen LogP) is 2.28. The normalized spacial score (nSPS) is 19.6. The number of piperazine rings is 1. The fourth-order valence-corrected chi connectivity index (χ4v) is 3.09.